The van der Waals surface area contributed by atoms with Crippen molar-refractivity contribution in [3.05, 3.63) is 89.8 Å². The molecule has 0 saturated carbocycles. The molecule has 4 rings (SSSR count). The Balaban J connectivity index is 1.52. The summed E-state index contributed by atoms with van der Waals surface area (Å²) in [6, 6.07) is 14.1. The van der Waals surface area contributed by atoms with Gasteiger partial charge in [-0.3, -0.25) is 9.78 Å². The maximum Gasteiger partial charge on any atom is 0.411 e. The minimum atomic E-state index is -1.13. The smallest absolute Gasteiger partial charge is 0.411 e. The standard InChI is InChI=1S/C26H24F2N2O4/c1-17(18-2-4-19(5-3-18)20-14-23(28)16-29-15-20)30-13-12-26(34-25(30)33,11-10-24(31)32)21-6-8-22(27)9-7-21/h2-9,14-17H,10-13H2,1H3,(H,31,32)/t17-,26+/m0/s1. The van der Waals surface area contributed by atoms with Gasteiger partial charge in [0.25, 0.3) is 0 Å². The van der Waals surface area contributed by atoms with Crippen LogP contribution in [-0.2, 0) is 15.1 Å². The minimum absolute atomic E-state index is 0.0955. The van der Waals surface area contributed by atoms with Crippen LogP contribution < -0.4 is 0 Å². The number of hydrogen-bond acceptors (Lipinski definition) is 4. The van der Waals surface area contributed by atoms with Crippen LogP contribution in [0.2, 0.25) is 0 Å². The molecule has 0 radical (unpaired) electrons. The summed E-state index contributed by atoms with van der Waals surface area (Å²) >= 11 is 0. The molecule has 8 heteroatoms. The predicted molar refractivity (Wildman–Crippen MR) is 121 cm³/mol. The predicted octanol–water partition coefficient (Wildman–Crippen LogP) is 5.69. The highest BCUT2D eigenvalue weighted by atomic mass is 19.1. The number of carbonyl (C=O) groups excluding carboxylic acids is 1. The molecule has 1 amide bonds. The SMILES string of the molecule is C[C@@H](c1ccc(-c2cncc(F)c2)cc1)N1CC[C@](CCC(=O)O)(c2ccc(F)cc2)OC1=O. The lowest BCUT2D eigenvalue weighted by Gasteiger charge is -2.43. The van der Waals surface area contributed by atoms with Crippen molar-refractivity contribution < 1.29 is 28.2 Å². The second kappa shape index (κ2) is 9.59. The van der Waals surface area contributed by atoms with Crippen molar-refractivity contribution in [1.29, 1.82) is 0 Å². The van der Waals surface area contributed by atoms with Gasteiger partial charge in [0.15, 0.2) is 0 Å². The van der Waals surface area contributed by atoms with Gasteiger partial charge in [-0.15, -0.1) is 0 Å². The van der Waals surface area contributed by atoms with Crippen molar-refractivity contribution in [2.24, 2.45) is 0 Å². The number of cyclic esters (lactones) is 1. The molecule has 1 aliphatic heterocycles. The summed E-state index contributed by atoms with van der Waals surface area (Å²) in [5, 5.41) is 9.19. The van der Waals surface area contributed by atoms with Crippen molar-refractivity contribution in [1.82, 2.24) is 9.88 Å². The average molecular weight is 466 g/mol. The lowest BCUT2D eigenvalue weighted by molar-refractivity contribution is -0.139. The topological polar surface area (TPSA) is 79.7 Å². The molecule has 1 fully saturated rings. The number of carboxylic acid groups (broad SMARTS) is 1. The zero-order valence-electron chi connectivity index (χ0n) is 18.6. The molecule has 176 valence electrons. The van der Waals surface area contributed by atoms with Crippen LogP contribution in [0.15, 0.2) is 67.0 Å². The van der Waals surface area contributed by atoms with Crippen LogP contribution in [0.1, 0.15) is 43.4 Å². The number of aromatic nitrogens is 1. The summed E-state index contributed by atoms with van der Waals surface area (Å²) in [5.74, 6) is -1.84. The number of amides is 1. The van der Waals surface area contributed by atoms with Crippen LogP contribution in [0.4, 0.5) is 13.6 Å². The van der Waals surface area contributed by atoms with E-state index < -0.39 is 29.3 Å². The number of pyridine rings is 1. The van der Waals surface area contributed by atoms with Gasteiger partial charge < -0.3 is 14.7 Å². The van der Waals surface area contributed by atoms with Gasteiger partial charge >= 0.3 is 12.1 Å². The second-order valence-electron chi connectivity index (χ2n) is 8.40. The summed E-state index contributed by atoms with van der Waals surface area (Å²) < 4.78 is 32.8. The Morgan fingerprint density at radius 3 is 2.41 bits per heavy atom. The quantitative estimate of drug-likeness (QED) is 0.484. The van der Waals surface area contributed by atoms with Gasteiger partial charge in [-0.25, -0.2) is 13.6 Å². The third-order valence-electron chi connectivity index (χ3n) is 6.29. The van der Waals surface area contributed by atoms with Gasteiger partial charge in [0.1, 0.15) is 17.2 Å². The van der Waals surface area contributed by atoms with E-state index >= 15 is 0 Å². The van der Waals surface area contributed by atoms with E-state index in [0.29, 0.717) is 24.1 Å². The van der Waals surface area contributed by atoms with Crippen molar-refractivity contribution in [3.63, 3.8) is 0 Å². The molecule has 0 aliphatic carbocycles. The molecule has 1 aromatic heterocycles. The second-order valence-corrected chi connectivity index (χ2v) is 8.40. The number of carbonyl (C=O) groups is 2. The Bertz CT molecular complexity index is 1180. The molecule has 2 aromatic carbocycles. The van der Waals surface area contributed by atoms with E-state index in [2.05, 4.69) is 4.98 Å². The third-order valence-corrected chi connectivity index (χ3v) is 6.29. The number of hydrogen-bond donors (Lipinski definition) is 1. The first-order chi connectivity index (χ1) is 16.3. The van der Waals surface area contributed by atoms with Gasteiger partial charge in [-0.2, -0.15) is 0 Å². The molecule has 0 unspecified atom stereocenters. The average Bonchev–Trinajstić information content (AvgIpc) is 2.83. The maximum atomic E-state index is 13.5. The fraction of sp³-hybridized carbons (Fsp3) is 0.269. The fourth-order valence-electron chi connectivity index (χ4n) is 4.31. The highest BCUT2D eigenvalue weighted by molar-refractivity contribution is 5.71. The van der Waals surface area contributed by atoms with Crippen LogP contribution in [-0.4, -0.2) is 33.6 Å². The van der Waals surface area contributed by atoms with Crippen molar-refractivity contribution in [2.45, 2.75) is 37.8 Å². The summed E-state index contributed by atoms with van der Waals surface area (Å²) in [6.45, 7) is 2.22. The molecule has 1 saturated heterocycles. The van der Waals surface area contributed by atoms with E-state index in [1.54, 1.807) is 11.1 Å². The van der Waals surface area contributed by atoms with Crippen molar-refractivity contribution >= 4 is 12.1 Å². The third kappa shape index (κ3) is 4.90. The summed E-state index contributed by atoms with van der Waals surface area (Å²) in [6.07, 6.45) is 2.44. The van der Waals surface area contributed by atoms with Crippen molar-refractivity contribution in [2.75, 3.05) is 6.54 Å². The Hall–Kier alpha value is -3.81. The number of aliphatic carboxylic acids is 1. The summed E-state index contributed by atoms with van der Waals surface area (Å²) in [4.78, 5) is 29.7. The first-order valence-corrected chi connectivity index (χ1v) is 11.0. The van der Waals surface area contributed by atoms with Gasteiger partial charge in [-0.1, -0.05) is 36.4 Å². The molecule has 2 heterocycles. The van der Waals surface area contributed by atoms with Crippen molar-refractivity contribution in [3.8, 4) is 11.1 Å². The van der Waals surface area contributed by atoms with Crippen LogP contribution in [0.25, 0.3) is 11.1 Å². The van der Waals surface area contributed by atoms with Gasteiger partial charge in [-0.05, 0) is 41.8 Å². The molecular weight excluding hydrogens is 442 g/mol. The number of nitrogens with zero attached hydrogens (tertiary/aromatic N) is 2. The van der Waals surface area contributed by atoms with E-state index in [4.69, 9.17) is 4.74 Å². The van der Waals surface area contributed by atoms with E-state index in [0.717, 1.165) is 17.3 Å². The lowest BCUT2D eigenvalue weighted by atomic mass is 9.84. The zero-order valence-corrected chi connectivity index (χ0v) is 18.6. The Morgan fingerprint density at radius 2 is 1.79 bits per heavy atom. The number of halogens is 2. The molecule has 1 aliphatic rings. The summed E-state index contributed by atoms with van der Waals surface area (Å²) in [7, 11) is 0. The van der Waals surface area contributed by atoms with Crippen LogP contribution >= 0.6 is 0 Å². The highest BCUT2D eigenvalue weighted by Crippen LogP contribution is 2.40. The monoisotopic (exact) mass is 466 g/mol. The fourth-order valence-corrected chi connectivity index (χ4v) is 4.31. The molecule has 2 atom stereocenters. The van der Waals surface area contributed by atoms with Crippen LogP contribution in [0.3, 0.4) is 0 Å². The first kappa shape index (κ1) is 23.4. The van der Waals surface area contributed by atoms with Crippen LogP contribution in [0, 0.1) is 11.6 Å². The number of carboxylic acids is 1. The zero-order chi connectivity index (χ0) is 24.3. The molecule has 6 nitrogen and oxygen atoms in total. The number of rotatable bonds is 7. The van der Waals surface area contributed by atoms with Gasteiger partial charge in [0.2, 0.25) is 0 Å². The Kier molecular flexibility index (Phi) is 6.58. The molecular formula is C26H24F2N2O4. The lowest BCUT2D eigenvalue weighted by Crippen LogP contribution is -2.49. The Labute approximate surface area is 195 Å². The molecule has 1 N–H and O–H groups in total. The molecule has 0 bridgehead atoms. The number of ether oxygens (including phenoxy) is 1. The van der Waals surface area contributed by atoms with Gasteiger partial charge in [0, 0.05) is 37.6 Å². The number of benzene rings is 2. The van der Waals surface area contributed by atoms with E-state index in [-0.39, 0.29) is 18.9 Å². The maximum absolute atomic E-state index is 13.5. The van der Waals surface area contributed by atoms with E-state index in [9.17, 15) is 23.5 Å². The van der Waals surface area contributed by atoms with Gasteiger partial charge in [0.05, 0.1) is 12.2 Å². The molecule has 3 aromatic rings. The largest absolute Gasteiger partial charge is 0.481 e. The molecule has 0 spiro atoms. The summed E-state index contributed by atoms with van der Waals surface area (Å²) in [5.41, 5.74) is 1.76. The minimum Gasteiger partial charge on any atom is -0.481 e. The molecule has 34 heavy (non-hydrogen) atoms. The Morgan fingerprint density at radius 1 is 1.09 bits per heavy atom. The van der Waals surface area contributed by atoms with E-state index in [1.165, 1.54) is 30.3 Å². The highest BCUT2D eigenvalue weighted by Gasteiger charge is 2.43. The van der Waals surface area contributed by atoms with E-state index in [1.807, 2.05) is 31.2 Å². The first-order valence-electron chi connectivity index (χ1n) is 11.0. The normalized spacial score (nSPS) is 18.9. The van der Waals surface area contributed by atoms with Crippen LogP contribution in [0.5, 0.6) is 0 Å².